The molecule has 1 aromatic heterocycles. The van der Waals surface area contributed by atoms with E-state index in [2.05, 4.69) is 12.1 Å². The van der Waals surface area contributed by atoms with Gasteiger partial charge >= 0.3 is 5.69 Å². The van der Waals surface area contributed by atoms with Crippen LogP contribution in [0.4, 0.5) is 0 Å². The van der Waals surface area contributed by atoms with Gasteiger partial charge in [0.05, 0.1) is 5.69 Å². The van der Waals surface area contributed by atoms with Crippen molar-refractivity contribution in [3.63, 3.8) is 0 Å². The van der Waals surface area contributed by atoms with E-state index >= 15 is 0 Å². The molecule has 21 heavy (non-hydrogen) atoms. The van der Waals surface area contributed by atoms with Crippen molar-refractivity contribution in [3.8, 4) is 5.69 Å². The van der Waals surface area contributed by atoms with Crippen molar-refractivity contribution in [3.05, 3.63) is 89.1 Å². The van der Waals surface area contributed by atoms with Crippen LogP contribution in [0.25, 0.3) is 5.69 Å². The normalized spacial score (nSPS) is 10.7. The number of imidazole rings is 1. The SMILES string of the molecule is O=c1n(CCCc2ccccc2)ccn1-c1ccccc1. The molecule has 3 rings (SSSR count). The van der Waals surface area contributed by atoms with E-state index in [0.29, 0.717) is 0 Å². The van der Waals surface area contributed by atoms with Crippen molar-refractivity contribution in [2.24, 2.45) is 0 Å². The minimum atomic E-state index is 0.0225. The first kappa shape index (κ1) is 13.4. The minimum absolute atomic E-state index is 0.0225. The molecule has 3 heteroatoms. The summed E-state index contributed by atoms with van der Waals surface area (Å²) in [5, 5.41) is 0. The van der Waals surface area contributed by atoms with E-state index in [0.717, 1.165) is 25.1 Å². The maximum atomic E-state index is 12.3. The molecule has 3 nitrogen and oxygen atoms in total. The molecule has 0 atom stereocenters. The first-order chi connectivity index (χ1) is 10.3. The highest BCUT2D eigenvalue weighted by Gasteiger charge is 2.04. The summed E-state index contributed by atoms with van der Waals surface area (Å²) in [5.41, 5.74) is 2.24. The Morgan fingerprint density at radius 1 is 0.810 bits per heavy atom. The Labute approximate surface area is 124 Å². The monoisotopic (exact) mass is 278 g/mol. The van der Waals surface area contributed by atoms with Gasteiger partial charge in [-0.25, -0.2) is 4.79 Å². The number of aryl methyl sites for hydroxylation is 2. The molecule has 0 saturated heterocycles. The average molecular weight is 278 g/mol. The zero-order valence-electron chi connectivity index (χ0n) is 11.9. The molecule has 0 spiro atoms. The molecule has 0 saturated carbocycles. The number of aromatic nitrogens is 2. The van der Waals surface area contributed by atoms with E-state index in [1.54, 1.807) is 9.13 Å². The second-order valence-electron chi connectivity index (χ2n) is 5.07. The van der Waals surface area contributed by atoms with Gasteiger partial charge in [0.15, 0.2) is 0 Å². The quantitative estimate of drug-likeness (QED) is 0.703. The highest BCUT2D eigenvalue weighted by molar-refractivity contribution is 5.30. The zero-order valence-corrected chi connectivity index (χ0v) is 11.9. The standard InChI is InChI=1S/C18H18N2O/c21-18-19(13-7-10-16-8-3-1-4-9-16)14-15-20(18)17-11-5-2-6-12-17/h1-6,8-9,11-12,14-15H,7,10,13H2. The average Bonchev–Trinajstić information content (AvgIpc) is 2.90. The van der Waals surface area contributed by atoms with Gasteiger partial charge in [0.25, 0.3) is 0 Å². The second-order valence-corrected chi connectivity index (χ2v) is 5.07. The molecule has 0 aliphatic rings. The van der Waals surface area contributed by atoms with E-state index in [9.17, 15) is 4.79 Å². The van der Waals surface area contributed by atoms with E-state index in [1.165, 1.54) is 5.56 Å². The number of hydrogen-bond donors (Lipinski definition) is 0. The Bertz CT molecular complexity index is 742. The van der Waals surface area contributed by atoms with Crippen molar-refractivity contribution >= 4 is 0 Å². The Kier molecular flexibility index (Phi) is 4.01. The number of benzene rings is 2. The lowest BCUT2D eigenvalue weighted by Crippen LogP contribution is -2.23. The fourth-order valence-electron chi connectivity index (χ4n) is 2.47. The molecule has 0 aliphatic heterocycles. The van der Waals surface area contributed by atoms with Crippen LogP contribution in [-0.2, 0) is 13.0 Å². The van der Waals surface area contributed by atoms with Crippen molar-refractivity contribution in [1.29, 1.82) is 0 Å². The lowest BCUT2D eigenvalue weighted by molar-refractivity contribution is 0.617. The number of hydrogen-bond acceptors (Lipinski definition) is 1. The molecule has 3 aromatic rings. The van der Waals surface area contributed by atoms with Crippen molar-refractivity contribution < 1.29 is 0 Å². The Balaban J connectivity index is 1.68. The lowest BCUT2D eigenvalue weighted by Gasteiger charge is -2.03. The van der Waals surface area contributed by atoms with Crippen LogP contribution in [0.3, 0.4) is 0 Å². The molecule has 1 heterocycles. The summed E-state index contributed by atoms with van der Waals surface area (Å²) < 4.78 is 3.46. The second kappa shape index (κ2) is 6.27. The minimum Gasteiger partial charge on any atom is -0.299 e. The Hall–Kier alpha value is -2.55. The molecule has 106 valence electrons. The van der Waals surface area contributed by atoms with Gasteiger partial charge in [0, 0.05) is 18.9 Å². The molecule has 0 aliphatic carbocycles. The zero-order chi connectivity index (χ0) is 14.5. The summed E-state index contributed by atoms with van der Waals surface area (Å²) >= 11 is 0. The molecule has 0 fully saturated rings. The van der Waals surface area contributed by atoms with Crippen LogP contribution >= 0.6 is 0 Å². The molecular weight excluding hydrogens is 260 g/mol. The Morgan fingerprint density at radius 3 is 2.19 bits per heavy atom. The first-order valence-corrected chi connectivity index (χ1v) is 7.22. The maximum Gasteiger partial charge on any atom is 0.332 e. The predicted molar refractivity (Wildman–Crippen MR) is 84.8 cm³/mol. The van der Waals surface area contributed by atoms with Crippen LogP contribution in [0, 0.1) is 0 Å². The number of para-hydroxylation sites is 1. The van der Waals surface area contributed by atoms with Crippen molar-refractivity contribution in [2.45, 2.75) is 19.4 Å². The van der Waals surface area contributed by atoms with E-state index in [4.69, 9.17) is 0 Å². The highest BCUT2D eigenvalue weighted by Crippen LogP contribution is 2.05. The fraction of sp³-hybridized carbons (Fsp3) is 0.167. The summed E-state index contributed by atoms with van der Waals surface area (Å²) in [5.74, 6) is 0. The summed E-state index contributed by atoms with van der Waals surface area (Å²) in [4.78, 5) is 12.3. The molecule has 0 radical (unpaired) electrons. The van der Waals surface area contributed by atoms with E-state index in [-0.39, 0.29) is 5.69 Å². The topological polar surface area (TPSA) is 26.9 Å². The number of rotatable bonds is 5. The molecule has 2 aromatic carbocycles. The van der Waals surface area contributed by atoms with Crippen LogP contribution < -0.4 is 5.69 Å². The van der Waals surface area contributed by atoms with Gasteiger partial charge in [0.2, 0.25) is 0 Å². The van der Waals surface area contributed by atoms with Crippen molar-refractivity contribution in [2.75, 3.05) is 0 Å². The largest absolute Gasteiger partial charge is 0.332 e. The first-order valence-electron chi connectivity index (χ1n) is 7.22. The molecule has 0 N–H and O–H groups in total. The van der Waals surface area contributed by atoms with Crippen LogP contribution in [0.5, 0.6) is 0 Å². The molecule has 0 unspecified atom stereocenters. The van der Waals surface area contributed by atoms with Gasteiger partial charge in [-0.3, -0.25) is 9.13 Å². The fourth-order valence-corrected chi connectivity index (χ4v) is 2.47. The Morgan fingerprint density at radius 2 is 1.48 bits per heavy atom. The molecular formula is C18H18N2O. The van der Waals surface area contributed by atoms with Gasteiger partial charge in [-0.15, -0.1) is 0 Å². The van der Waals surface area contributed by atoms with Gasteiger partial charge in [0.1, 0.15) is 0 Å². The summed E-state index contributed by atoms with van der Waals surface area (Å²) in [6, 6.07) is 20.1. The smallest absolute Gasteiger partial charge is 0.299 e. The van der Waals surface area contributed by atoms with Crippen LogP contribution in [0.15, 0.2) is 77.9 Å². The predicted octanol–water partition coefficient (Wildman–Crippen LogP) is 3.27. The van der Waals surface area contributed by atoms with Gasteiger partial charge in [-0.1, -0.05) is 48.5 Å². The third-order valence-electron chi connectivity index (χ3n) is 3.59. The summed E-state index contributed by atoms with van der Waals surface area (Å²) in [6.07, 6.45) is 5.65. The van der Waals surface area contributed by atoms with Gasteiger partial charge in [-0.2, -0.15) is 0 Å². The van der Waals surface area contributed by atoms with Gasteiger partial charge < -0.3 is 0 Å². The van der Waals surface area contributed by atoms with E-state index < -0.39 is 0 Å². The third-order valence-corrected chi connectivity index (χ3v) is 3.59. The summed E-state index contributed by atoms with van der Waals surface area (Å²) in [6.45, 7) is 0.744. The van der Waals surface area contributed by atoms with Crippen LogP contribution in [0.1, 0.15) is 12.0 Å². The van der Waals surface area contributed by atoms with E-state index in [1.807, 2.05) is 60.9 Å². The summed E-state index contributed by atoms with van der Waals surface area (Å²) in [7, 11) is 0. The lowest BCUT2D eigenvalue weighted by atomic mass is 10.1. The van der Waals surface area contributed by atoms with Crippen LogP contribution in [-0.4, -0.2) is 9.13 Å². The maximum absolute atomic E-state index is 12.3. The molecule has 0 bridgehead atoms. The molecule has 0 amide bonds. The number of nitrogens with zero attached hydrogens (tertiary/aromatic N) is 2. The van der Waals surface area contributed by atoms with Crippen molar-refractivity contribution in [1.82, 2.24) is 9.13 Å². The third kappa shape index (κ3) is 3.14. The van der Waals surface area contributed by atoms with Crippen LogP contribution in [0.2, 0.25) is 0 Å². The van der Waals surface area contributed by atoms with Gasteiger partial charge in [-0.05, 0) is 30.5 Å². The highest BCUT2D eigenvalue weighted by atomic mass is 16.1.